The maximum absolute atomic E-state index is 13.3. The van der Waals surface area contributed by atoms with Crippen LogP contribution in [0.25, 0.3) is 0 Å². The van der Waals surface area contributed by atoms with Gasteiger partial charge in [-0.1, -0.05) is 73.5 Å². The average Bonchev–Trinajstić information content (AvgIpc) is 3.56. The molecule has 3 N–H and O–H groups in total. The summed E-state index contributed by atoms with van der Waals surface area (Å²) in [5.74, 6) is 0.0145. The van der Waals surface area contributed by atoms with Crippen molar-refractivity contribution in [1.82, 2.24) is 20.4 Å². The first-order valence-corrected chi connectivity index (χ1v) is 15.5. The highest BCUT2D eigenvalue weighted by molar-refractivity contribution is 5.99. The predicted molar refractivity (Wildman–Crippen MR) is 168 cm³/mol. The van der Waals surface area contributed by atoms with E-state index in [9.17, 15) is 9.59 Å². The predicted octanol–water partition coefficient (Wildman–Crippen LogP) is 4.71. The topological polar surface area (TPSA) is 80.0 Å². The van der Waals surface area contributed by atoms with E-state index < -0.39 is 0 Å². The van der Waals surface area contributed by atoms with E-state index >= 15 is 0 Å². The van der Waals surface area contributed by atoms with E-state index in [0.717, 1.165) is 70.6 Å². The quantitative estimate of drug-likeness (QED) is 0.386. The van der Waals surface area contributed by atoms with Crippen molar-refractivity contribution in [2.45, 2.75) is 37.8 Å². The van der Waals surface area contributed by atoms with E-state index in [1.54, 1.807) is 0 Å². The molecule has 6 rings (SSSR count). The van der Waals surface area contributed by atoms with Gasteiger partial charge >= 0.3 is 6.03 Å². The lowest BCUT2D eigenvalue weighted by Crippen LogP contribution is -2.48. The lowest BCUT2D eigenvalue weighted by molar-refractivity contribution is 0.0736. The molecule has 0 radical (unpaired) electrons. The third-order valence-corrected chi connectivity index (χ3v) is 8.84. The van der Waals surface area contributed by atoms with E-state index in [1.807, 2.05) is 23.1 Å². The number of piperazine rings is 2. The normalized spacial score (nSPS) is 18.3. The minimum atomic E-state index is -0.193. The summed E-state index contributed by atoms with van der Waals surface area (Å²) in [6.45, 7) is 6.38. The van der Waals surface area contributed by atoms with Crippen LogP contribution in [0.1, 0.15) is 53.2 Å². The standard InChI is InChI=1S/C34H42N6O2/c41-33(40-19-17-35-18-20-40)28-15-16-31(30(25-28)37-34(42)36-29-13-7-8-14-29)38-21-23-39(24-22-38)32(26-9-3-1-4-10-26)27-11-5-2-6-12-27/h1-6,9-12,15-16,25,29,32,35H,7-8,13-14,17-24H2,(H2,36,37,42). The van der Waals surface area contributed by atoms with Crippen molar-refractivity contribution < 1.29 is 9.59 Å². The second-order valence-corrected chi connectivity index (χ2v) is 11.6. The van der Waals surface area contributed by atoms with Crippen molar-refractivity contribution >= 4 is 23.3 Å². The third kappa shape index (κ3) is 6.61. The zero-order chi connectivity index (χ0) is 28.7. The molecule has 2 aliphatic heterocycles. The van der Waals surface area contributed by atoms with Crippen LogP contribution in [0.5, 0.6) is 0 Å². The second kappa shape index (κ2) is 13.4. The molecule has 1 saturated carbocycles. The van der Waals surface area contributed by atoms with E-state index in [1.165, 1.54) is 11.1 Å². The molecule has 3 aromatic rings. The highest BCUT2D eigenvalue weighted by Crippen LogP contribution is 2.33. The van der Waals surface area contributed by atoms with Gasteiger partial charge < -0.3 is 25.8 Å². The molecular weight excluding hydrogens is 524 g/mol. The Morgan fingerprint density at radius 1 is 0.762 bits per heavy atom. The monoisotopic (exact) mass is 566 g/mol. The van der Waals surface area contributed by atoms with Crippen molar-refractivity contribution in [2.75, 3.05) is 62.6 Å². The Bertz CT molecular complexity index is 1290. The van der Waals surface area contributed by atoms with E-state index in [0.29, 0.717) is 24.3 Å². The number of anilines is 2. The van der Waals surface area contributed by atoms with Crippen LogP contribution in [0.4, 0.5) is 16.2 Å². The Kier molecular flexibility index (Phi) is 9.01. The summed E-state index contributed by atoms with van der Waals surface area (Å²) < 4.78 is 0. The van der Waals surface area contributed by atoms with Crippen LogP contribution < -0.4 is 20.9 Å². The molecule has 0 spiro atoms. The zero-order valence-electron chi connectivity index (χ0n) is 24.3. The molecule has 0 atom stereocenters. The fourth-order valence-corrected chi connectivity index (χ4v) is 6.62. The maximum atomic E-state index is 13.3. The van der Waals surface area contributed by atoms with Crippen molar-refractivity contribution in [3.05, 3.63) is 95.6 Å². The van der Waals surface area contributed by atoms with Crippen LogP contribution in [0.2, 0.25) is 0 Å². The van der Waals surface area contributed by atoms with Gasteiger partial charge in [-0.2, -0.15) is 0 Å². The molecule has 0 unspecified atom stereocenters. The molecule has 3 fully saturated rings. The van der Waals surface area contributed by atoms with Gasteiger partial charge in [0.05, 0.1) is 17.4 Å². The van der Waals surface area contributed by atoms with Crippen LogP contribution in [0.3, 0.4) is 0 Å². The molecule has 0 aromatic heterocycles. The number of amides is 3. The molecule has 2 heterocycles. The highest BCUT2D eigenvalue weighted by atomic mass is 16.2. The van der Waals surface area contributed by atoms with E-state index in [-0.39, 0.29) is 24.0 Å². The van der Waals surface area contributed by atoms with Gasteiger partial charge in [-0.15, -0.1) is 0 Å². The molecular formula is C34H42N6O2. The van der Waals surface area contributed by atoms with E-state index in [2.05, 4.69) is 86.4 Å². The first-order chi connectivity index (χ1) is 20.7. The van der Waals surface area contributed by atoms with Gasteiger partial charge in [-0.3, -0.25) is 9.69 Å². The van der Waals surface area contributed by atoms with Crippen molar-refractivity contribution in [1.29, 1.82) is 0 Å². The number of rotatable bonds is 7. The molecule has 0 bridgehead atoms. The fourth-order valence-electron chi connectivity index (χ4n) is 6.62. The Labute approximate surface area is 249 Å². The van der Waals surface area contributed by atoms with Crippen LogP contribution in [0.15, 0.2) is 78.9 Å². The van der Waals surface area contributed by atoms with Gasteiger partial charge in [0.1, 0.15) is 0 Å². The SMILES string of the molecule is O=C(Nc1cc(C(=O)N2CCNCC2)ccc1N1CCN(C(c2ccccc2)c2ccccc2)CC1)NC1CCCC1. The average molecular weight is 567 g/mol. The number of nitrogens with zero attached hydrogens (tertiary/aromatic N) is 3. The first-order valence-electron chi connectivity index (χ1n) is 15.5. The van der Waals surface area contributed by atoms with Crippen LogP contribution in [-0.4, -0.2) is 80.1 Å². The summed E-state index contributed by atoms with van der Waals surface area (Å²) in [4.78, 5) is 33.2. The Morgan fingerprint density at radius 3 is 2.00 bits per heavy atom. The van der Waals surface area contributed by atoms with E-state index in [4.69, 9.17) is 0 Å². The smallest absolute Gasteiger partial charge is 0.319 e. The largest absolute Gasteiger partial charge is 0.367 e. The minimum absolute atomic E-state index is 0.0145. The van der Waals surface area contributed by atoms with Crippen LogP contribution in [0, 0.1) is 0 Å². The lowest BCUT2D eigenvalue weighted by atomic mass is 9.96. The molecule has 3 aliphatic rings. The van der Waals surface area contributed by atoms with Gasteiger partial charge in [0.15, 0.2) is 0 Å². The number of benzene rings is 3. The van der Waals surface area contributed by atoms with Gasteiger partial charge in [-0.05, 0) is 42.2 Å². The number of carbonyl (C=O) groups is 2. The van der Waals surface area contributed by atoms with Crippen LogP contribution in [-0.2, 0) is 0 Å². The van der Waals surface area contributed by atoms with Gasteiger partial charge in [-0.25, -0.2) is 4.79 Å². The second-order valence-electron chi connectivity index (χ2n) is 11.6. The molecule has 8 heteroatoms. The number of carbonyl (C=O) groups excluding carboxylic acids is 2. The molecule has 3 aromatic carbocycles. The van der Waals surface area contributed by atoms with Gasteiger partial charge in [0, 0.05) is 64.0 Å². The first kappa shape index (κ1) is 28.2. The van der Waals surface area contributed by atoms with Crippen LogP contribution >= 0.6 is 0 Å². The number of hydrogen-bond donors (Lipinski definition) is 3. The molecule has 220 valence electrons. The maximum Gasteiger partial charge on any atom is 0.319 e. The summed E-state index contributed by atoms with van der Waals surface area (Å²) >= 11 is 0. The van der Waals surface area contributed by atoms with Crippen molar-refractivity contribution in [2.24, 2.45) is 0 Å². The number of nitrogens with one attached hydrogen (secondary N) is 3. The Morgan fingerprint density at radius 2 is 1.38 bits per heavy atom. The van der Waals surface area contributed by atoms with Gasteiger partial charge in [0.2, 0.25) is 0 Å². The summed E-state index contributed by atoms with van der Waals surface area (Å²) in [6.07, 6.45) is 4.35. The third-order valence-electron chi connectivity index (χ3n) is 8.84. The van der Waals surface area contributed by atoms with Crippen molar-refractivity contribution in [3.63, 3.8) is 0 Å². The molecule has 8 nitrogen and oxygen atoms in total. The molecule has 1 aliphatic carbocycles. The molecule has 42 heavy (non-hydrogen) atoms. The minimum Gasteiger partial charge on any atom is -0.367 e. The molecule has 2 saturated heterocycles. The van der Waals surface area contributed by atoms with Crippen molar-refractivity contribution in [3.8, 4) is 0 Å². The summed E-state index contributed by atoms with van der Waals surface area (Å²) in [5, 5.41) is 9.58. The number of hydrogen-bond acceptors (Lipinski definition) is 5. The Balaban J connectivity index is 1.21. The fraction of sp³-hybridized carbons (Fsp3) is 0.412. The van der Waals surface area contributed by atoms with Gasteiger partial charge in [0.25, 0.3) is 5.91 Å². The summed E-state index contributed by atoms with van der Waals surface area (Å²) in [6, 6.07) is 27.4. The summed E-state index contributed by atoms with van der Waals surface area (Å²) in [7, 11) is 0. The highest BCUT2D eigenvalue weighted by Gasteiger charge is 2.28. The molecule has 3 amide bonds. The lowest BCUT2D eigenvalue weighted by Gasteiger charge is -2.41. The Hall–Kier alpha value is -3.88. The zero-order valence-corrected chi connectivity index (χ0v) is 24.3. The number of urea groups is 1. The summed E-state index contributed by atoms with van der Waals surface area (Å²) in [5.41, 5.74) is 4.85.